The molecule has 0 aliphatic rings. The van der Waals surface area contributed by atoms with Gasteiger partial charge in [0.2, 0.25) is 5.91 Å². The number of rotatable bonds is 6. The molecule has 0 heterocycles. The summed E-state index contributed by atoms with van der Waals surface area (Å²) in [5.74, 6) is -0.257. The second kappa shape index (κ2) is 7.61. The lowest BCUT2D eigenvalue weighted by atomic mass is 10.1. The molecule has 2 aromatic rings. The van der Waals surface area contributed by atoms with E-state index in [-0.39, 0.29) is 24.8 Å². The molecule has 0 saturated heterocycles. The molecule has 0 radical (unpaired) electrons. The fraction of sp³-hybridized carbons (Fsp3) is 0.188. The van der Waals surface area contributed by atoms with Gasteiger partial charge in [0.1, 0.15) is 12.4 Å². The number of hydrogen-bond acceptors (Lipinski definition) is 2. The fourth-order valence-corrected chi connectivity index (χ4v) is 2.96. The number of nitrogens with two attached hydrogens (primary N) is 1. The van der Waals surface area contributed by atoms with E-state index in [0.29, 0.717) is 27.2 Å². The van der Waals surface area contributed by atoms with Crippen molar-refractivity contribution < 1.29 is 13.9 Å². The molecule has 1 amide bonds. The third-order valence-corrected chi connectivity index (χ3v) is 3.92. The Bertz CT molecular complexity index is 671. The lowest BCUT2D eigenvalue weighted by molar-refractivity contribution is -0.117. The van der Waals surface area contributed by atoms with Crippen molar-refractivity contribution in [3.63, 3.8) is 0 Å². The van der Waals surface area contributed by atoms with E-state index in [4.69, 9.17) is 22.1 Å². The largest absolute Gasteiger partial charge is 0.486 e. The van der Waals surface area contributed by atoms with Gasteiger partial charge in [0.15, 0.2) is 5.75 Å². The number of carbonyl (C=O) groups excluding carboxylic acids is 1. The molecular formula is C16H14BrClFNO2. The van der Waals surface area contributed by atoms with E-state index in [0.717, 1.165) is 5.56 Å². The van der Waals surface area contributed by atoms with E-state index in [1.807, 2.05) is 6.07 Å². The van der Waals surface area contributed by atoms with Gasteiger partial charge in [0, 0.05) is 12.0 Å². The molecular weight excluding hydrogens is 373 g/mol. The molecule has 0 aliphatic carbocycles. The molecule has 2 rings (SSSR count). The van der Waals surface area contributed by atoms with Crippen molar-refractivity contribution in [2.45, 2.75) is 19.4 Å². The van der Waals surface area contributed by atoms with Crippen molar-refractivity contribution in [1.82, 2.24) is 0 Å². The smallest absolute Gasteiger partial charge is 0.217 e. The Morgan fingerprint density at radius 3 is 2.68 bits per heavy atom. The molecule has 0 aromatic heterocycles. The standard InChI is InChI=1S/C16H14BrClFNO2/c17-12-7-10(5-6-15(20)21)8-13(18)16(12)22-9-11-3-1-2-4-14(11)19/h1-4,7-8H,5-6,9H2,(H2,20,21). The van der Waals surface area contributed by atoms with Gasteiger partial charge in [0.05, 0.1) is 9.50 Å². The van der Waals surface area contributed by atoms with Crippen LogP contribution >= 0.6 is 27.5 Å². The minimum atomic E-state index is -0.368. The summed E-state index contributed by atoms with van der Waals surface area (Å²) in [7, 11) is 0. The highest BCUT2D eigenvalue weighted by atomic mass is 79.9. The first-order valence-electron chi connectivity index (χ1n) is 6.60. The number of primary amides is 1. The number of hydrogen-bond donors (Lipinski definition) is 1. The molecule has 0 fully saturated rings. The van der Waals surface area contributed by atoms with Gasteiger partial charge in [-0.1, -0.05) is 29.8 Å². The molecule has 0 bridgehead atoms. The maximum atomic E-state index is 13.6. The second-order valence-corrected chi connectivity index (χ2v) is 6.00. The molecule has 0 unspecified atom stereocenters. The van der Waals surface area contributed by atoms with Gasteiger partial charge in [-0.05, 0) is 46.1 Å². The Hall–Kier alpha value is -1.59. The highest BCUT2D eigenvalue weighted by Gasteiger charge is 2.11. The third-order valence-electron chi connectivity index (χ3n) is 3.05. The average molecular weight is 387 g/mol. The van der Waals surface area contributed by atoms with Crippen LogP contribution in [0.4, 0.5) is 4.39 Å². The van der Waals surface area contributed by atoms with Crippen molar-refractivity contribution >= 4 is 33.4 Å². The molecule has 22 heavy (non-hydrogen) atoms. The quantitative estimate of drug-likeness (QED) is 0.807. The second-order valence-electron chi connectivity index (χ2n) is 4.73. The lowest BCUT2D eigenvalue weighted by Gasteiger charge is -2.12. The van der Waals surface area contributed by atoms with Crippen molar-refractivity contribution in [1.29, 1.82) is 0 Å². The molecule has 0 spiro atoms. The molecule has 116 valence electrons. The first-order chi connectivity index (χ1) is 10.5. The molecule has 3 nitrogen and oxygen atoms in total. The molecule has 0 atom stereocenters. The van der Waals surface area contributed by atoms with Gasteiger partial charge in [-0.15, -0.1) is 0 Å². The Morgan fingerprint density at radius 2 is 2.05 bits per heavy atom. The Kier molecular flexibility index (Phi) is 5.80. The topological polar surface area (TPSA) is 52.3 Å². The van der Waals surface area contributed by atoms with Crippen molar-refractivity contribution in [2.24, 2.45) is 5.73 Å². The average Bonchev–Trinajstić information content (AvgIpc) is 2.46. The zero-order valence-electron chi connectivity index (χ0n) is 11.6. The summed E-state index contributed by atoms with van der Waals surface area (Å²) in [6, 6.07) is 9.92. The van der Waals surface area contributed by atoms with Gasteiger partial charge in [-0.3, -0.25) is 4.79 Å². The Morgan fingerprint density at radius 1 is 1.32 bits per heavy atom. The number of halogens is 3. The highest BCUT2D eigenvalue weighted by Crippen LogP contribution is 2.35. The number of amides is 1. The molecule has 0 aliphatic heterocycles. The van der Waals surface area contributed by atoms with Gasteiger partial charge >= 0.3 is 0 Å². The number of carbonyl (C=O) groups is 1. The molecule has 2 aromatic carbocycles. The van der Waals surface area contributed by atoms with Crippen LogP contribution in [0.25, 0.3) is 0 Å². The van der Waals surface area contributed by atoms with Crippen LogP contribution in [0.2, 0.25) is 5.02 Å². The summed E-state index contributed by atoms with van der Waals surface area (Å²) in [6.45, 7) is 0.0750. The zero-order chi connectivity index (χ0) is 16.1. The third kappa shape index (κ3) is 4.45. The minimum Gasteiger partial charge on any atom is -0.486 e. The first kappa shape index (κ1) is 16.8. The molecule has 6 heteroatoms. The molecule has 0 saturated carbocycles. The van der Waals surface area contributed by atoms with E-state index in [1.54, 1.807) is 24.3 Å². The van der Waals surface area contributed by atoms with Gasteiger partial charge in [-0.25, -0.2) is 4.39 Å². The van der Waals surface area contributed by atoms with E-state index < -0.39 is 0 Å². The normalized spacial score (nSPS) is 10.5. The number of ether oxygens (including phenoxy) is 1. The maximum Gasteiger partial charge on any atom is 0.217 e. The predicted molar refractivity (Wildman–Crippen MR) is 87.4 cm³/mol. The van der Waals surface area contributed by atoms with Crippen molar-refractivity contribution in [3.8, 4) is 5.75 Å². The number of benzene rings is 2. The monoisotopic (exact) mass is 385 g/mol. The Labute approximate surface area is 141 Å². The van der Waals surface area contributed by atoms with E-state index in [2.05, 4.69) is 15.9 Å². The summed E-state index contributed by atoms with van der Waals surface area (Å²) in [5, 5.41) is 0.394. The van der Waals surface area contributed by atoms with Gasteiger partial charge < -0.3 is 10.5 Å². The summed E-state index contributed by atoms with van der Waals surface area (Å²) in [5.41, 5.74) is 6.45. The number of aryl methyl sites for hydroxylation is 1. The van der Waals surface area contributed by atoms with Gasteiger partial charge in [-0.2, -0.15) is 0 Å². The molecule has 2 N–H and O–H groups in total. The van der Waals surface area contributed by atoms with Crippen LogP contribution in [-0.4, -0.2) is 5.91 Å². The van der Waals surface area contributed by atoms with Crippen LogP contribution in [0.5, 0.6) is 5.75 Å². The highest BCUT2D eigenvalue weighted by molar-refractivity contribution is 9.10. The summed E-state index contributed by atoms with van der Waals surface area (Å²) < 4.78 is 19.8. The van der Waals surface area contributed by atoms with Crippen molar-refractivity contribution in [3.05, 3.63) is 62.8 Å². The van der Waals surface area contributed by atoms with Crippen LogP contribution < -0.4 is 10.5 Å². The van der Waals surface area contributed by atoms with Crippen LogP contribution in [0.3, 0.4) is 0 Å². The van der Waals surface area contributed by atoms with Crippen LogP contribution in [0.15, 0.2) is 40.9 Å². The Balaban J connectivity index is 2.11. The predicted octanol–water partition coefficient (Wildman–Crippen LogP) is 4.24. The summed E-state index contributed by atoms with van der Waals surface area (Å²) in [6.07, 6.45) is 0.749. The zero-order valence-corrected chi connectivity index (χ0v) is 14.0. The maximum absolute atomic E-state index is 13.6. The van der Waals surface area contributed by atoms with Crippen LogP contribution in [-0.2, 0) is 17.8 Å². The SMILES string of the molecule is NC(=O)CCc1cc(Cl)c(OCc2ccccc2F)c(Br)c1. The first-order valence-corrected chi connectivity index (χ1v) is 7.77. The summed E-state index contributed by atoms with van der Waals surface area (Å²) >= 11 is 9.57. The van der Waals surface area contributed by atoms with Gasteiger partial charge in [0.25, 0.3) is 0 Å². The summed E-state index contributed by atoms with van der Waals surface area (Å²) in [4.78, 5) is 10.8. The minimum absolute atomic E-state index is 0.0750. The van der Waals surface area contributed by atoms with E-state index in [9.17, 15) is 9.18 Å². The van der Waals surface area contributed by atoms with E-state index >= 15 is 0 Å². The lowest BCUT2D eigenvalue weighted by Crippen LogP contribution is -2.11. The van der Waals surface area contributed by atoms with Crippen LogP contribution in [0, 0.1) is 5.82 Å². The van der Waals surface area contributed by atoms with E-state index in [1.165, 1.54) is 6.07 Å². The van der Waals surface area contributed by atoms with Crippen LogP contribution in [0.1, 0.15) is 17.5 Å². The fourth-order valence-electron chi connectivity index (χ4n) is 1.93. The van der Waals surface area contributed by atoms with Crippen molar-refractivity contribution in [2.75, 3.05) is 0 Å².